The summed E-state index contributed by atoms with van der Waals surface area (Å²) in [5.74, 6) is 0.891. The molecule has 3 heteroatoms. The van der Waals surface area contributed by atoms with E-state index in [9.17, 15) is 0 Å². The third-order valence-corrected chi connectivity index (χ3v) is 5.11. The molecule has 1 N–H and O–H groups in total. The number of benzene rings is 4. The average molecular weight is 397 g/mol. The first-order chi connectivity index (χ1) is 13.8. The minimum Gasteiger partial charge on any atom is -0.337 e. The van der Waals surface area contributed by atoms with E-state index in [-0.39, 0.29) is 12.4 Å². The van der Waals surface area contributed by atoms with Crippen molar-refractivity contribution in [3.05, 3.63) is 103 Å². The maximum Gasteiger partial charge on any atom is 0.138 e. The lowest BCUT2D eigenvalue weighted by Gasteiger charge is -2.05. The molecule has 0 saturated heterocycles. The molecule has 5 aromatic rings. The van der Waals surface area contributed by atoms with Gasteiger partial charge < -0.3 is 4.98 Å². The number of aromatic nitrogens is 2. The van der Waals surface area contributed by atoms with E-state index in [1.165, 1.54) is 16.3 Å². The predicted octanol–water partition coefficient (Wildman–Crippen LogP) is 7.29. The SMILES string of the molecule is Cc1ccc(-c2nc(-c3ccc4ccccc4c3)c(-c3ccccc3)[nH]2)cc1.Cl. The van der Waals surface area contributed by atoms with Crippen LogP contribution in [0.4, 0.5) is 0 Å². The first-order valence-electron chi connectivity index (χ1n) is 9.49. The van der Waals surface area contributed by atoms with Crippen molar-refractivity contribution in [1.29, 1.82) is 0 Å². The van der Waals surface area contributed by atoms with Crippen LogP contribution in [0.1, 0.15) is 5.56 Å². The van der Waals surface area contributed by atoms with Crippen molar-refractivity contribution >= 4 is 23.2 Å². The summed E-state index contributed by atoms with van der Waals surface area (Å²) in [5, 5.41) is 2.46. The lowest BCUT2D eigenvalue weighted by Crippen LogP contribution is -1.84. The Morgan fingerprint density at radius 1 is 0.621 bits per heavy atom. The minimum atomic E-state index is 0. The Morgan fingerprint density at radius 2 is 1.28 bits per heavy atom. The van der Waals surface area contributed by atoms with Crippen molar-refractivity contribution in [2.75, 3.05) is 0 Å². The zero-order valence-corrected chi connectivity index (χ0v) is 16.9. The van der Waals surface area contributed by atoms with E-state index in [2.05, 4.69) is 103 Å². The van der Waals surface area contributed by atoms with Crippen LogP contribution in [0.3, 0.4) is 0 Å². The van der Waals surface area contributed by atoms with E-state index in [0.29, 0.717) is 0 Å². The molecule has 29 heavy (non-hydrogen) atoms. The molecule has 0 aliphatic rings. The van der Waals surface area contributed by atoms with Crippen LogP contribution in [-0.2, 0) is 0 Å². The van der Waals surface area contributed by atoms with Crippen LogP contribution >= 0.6 is 12.4 Å². The lowest BCUT2D eigenvalue weighted by molar-refractivity contribution is 1.30. The van der Waals surface area contributed by atoms with E-state index in [4.69, 9.17) is 4.98 Å². The molecule has 0 atom stereocenters. The molecule has 1 heterocycles. The Hall–Kier alpha value is -3.36. The molecule has 0 spiro atoms. The quantitative estimate of drug-likeness (QED) is 0.340. The Balaban J connectivity index is 0.00000205. The van der Waals surface area contributed by atoms with Gasteiger partial charge >= 0.3 is 0 Å². The third-order valence-electron chi connectivity index (χ3n) is 5.11. The molecular formula is C26H21ClN2. The number of hydrogen-bond acceptors (Lipinski definition) is 1. The summed E-state index contributed by atoms with van der Waals surface area (Å²) in [5.41, 5.74) is 6.62. The molecule has 0 aliphatic heterocycles. The summed E-state index contributed by atoms with van der Waals surface area (Å²) >= 11 is 0. The van der Waals surface area contributed by atoms with Crippen LogP contribution in [0.25, 0.3) is 44.7 Å². The van der Waals surface area contributed by atoms with Crippen molar-refractivity contribution in [2.24, 2.45) is 0 Å². The zero-order chi connectivity index (χ0) is 18.9. The maximum absolute atomic E-state index is 5.01. The van der Waals surface area contributed by atoms with Gasteiger partial charge in [-0.3, -0.25) is 0 Å². The number of halogens is 1. The maximum atomic E-state index is 5.01. The van der Waals surface area contributed by atoms with Crippen molar-refractivity contribution in [2.45, 2.75) is 6.92 Å². The van der Waals surface area contributed by atoms with Gasteiger partial charge in [0.15, 0.2) is 0 Å². The Bertz CT molecular complexity index is 1260. The molecule has 0 saturated carbocycles. The normalized spacial score (nSPS) is 10.7. The zero-order valence-electron chi connectivity index (χ0n) is 16.1. The molecule has 4 aromatic carbocycles. The Labute approximate surface area is 176 Å². The molecule has 2 nitrogen and oxygen atoms in total. The van der Waals surface area contributed by atoms with Gasteiger partial charge in [0, 0.05) is 16.7 Å². The van der Waals surface area contributed by atoms with Crippen molar-refractivity contribution < 1.29 is 0 Å². The fourth-order valence-corrected chi connectivity index (χ4v) is 3.58. The summed E-state index contributed by atoms with van der Waals surface area (Å²) in [6.07, 6.45) is 0. The second kappa shape index (κ2) is 7.94. The van der Waals surface area contributed by atoms with Crippen LogP contribution in [-0.4, -0.2) is 9.97 Å². The fourth-order valence-electron chi connectivity index (χ4n) is 3.58. The van der Waals surface area contributed by atoms with Gasteiger partial charge in [-0.2, -0.15) is 0 Å². The highest BCUT2D eigenvalue weighted by Gasteiger charge is 2.15. The topological polar surface area (TPSA) is 28.7 Å². The van der Waals surface area contributed by atoms with Crippen LogP contribution in [0.5, 0.6) is 0 Å². The molecule has 5 rings (SSSR count). The highest BCUT2D eigenvalue weighted by Crippen LogP contribution is 2.34. The van der Waals surface area contributed by atoms with Gasteiger partial charge in [-0.25, -0.2) is 4.98 Å². The second-order valence-corrected chi connectivity index (χ2v) is 7.10. The molecule has 142 valence electrons. The number of nitrogens with zero attached hydrogens (tertiary/aromatic N) is 1. The standard InChI is InChI=1S/C26H20N2.ClH/c1-18-11-13-21(14-12-18)26-27-24(20-8-3-2-4-9-20)25(28-26)23-16-15-19-7-5-6-10-22(19)17-23;/h2-17H,1H3,(H,27,28);1H. The van der Waals surface area contributed by atoms with Gasteiger partial charge in [-0.05, 0) is 23.8 Å². The van der Waals surface area contributed by atoms with E-state index in [0.717, 1.165) is 33.9 Å². The van der Waals surface area contributed by atoms with Gasteiger partial charge in [0.05, 0.1) is 11.4 Å². The summed E-state index contributed by atoms with van der Waals surface area (Å²) < 4.78 is 0. The number of aryl methyl sites for hydroxylation is 1. The number of hydrogen-bond donors (Lipinski definition) is 1. The van der Waals surface area contributed by atoms with E-state index in [1.807, 2.05) is 6.07 Å². The first-order valence-corrected chi connectivity index (χ1v) is 9.49. The number of nitrogens with one attached hydrogen (secondary N) is 1. The number of H-pyrrole nitrogens is 1. The number of aromatic amines is 1. The molecule has 0 unspecified atom stereocenters. The van der Waals surface area contributed by atoms with Crippen molar-refractivity contribution in [1.82, 2.24) is 9.97 Å². The van der Waals surface area contributed by atoms with Crippen LogP contribution in [0.15, 0.2) is 97.1 Å². The van der Waals surface area contributed by atoms with Gasteiger partial charge in [0.1, 0.15) is 5.82 Å². The molecule has 0 aliphatic carbocycles. The van der Waals surface area contributed by atoms with Crippen LogP contribution < -0.4 is 0 Å². The highest BCUT2D eigenvalue weighted by atomic mass is 35.5. The third kappa shape index (κ3) is 3.67. The van der Waals surface area contributed by atoms with Gasteiger partial charge in [-0.1, -0.05) is 96.6 Å². The number of fused-ring (bicyclic) bond motifs is 1. The van der Waals surface area contributed by atoms with E-state index in [1.54, 1.807) is 0 Å². The van der Waals surface area contributed by atoms with Crippen LogP contribution in [0, 0.1) is 6.92 Å². The fraction of sp³-hybridized carbons (Fsp3) is 0.0385. The van der Waals surface area contributed by atoms with Crippen molar-refractivity contribution in [3.8, 4) is 33.9 Å². The van der Waals surface area contributed by atoms with Gasteiger partial charge in [0.2, 0.25) is 0 Å². The summed E-state index contributed by atoms with van der Waals surface area (Å²) in [7, 11) is 0. The van der Waals surface area contributed by atoms with Gasteiger partial charge in [-0.15, -0.1) is 12.4 Å². The monoisotopic (exact) mass is 396 g/mol. The predicted molar refractivity (Wildman–Crippen MR) is 124 cm³/mol. The number of imidazole rings is 1. The largest absolute Gasteiger partial charge is 0.337 e. The van der Waals surface area contributed by atoms with Crippen molar-refractivity contribution in [3.63, 3.8) is 0 Å². The average Bonchev–Trinajstić information content (AvgIpc) is 3.20. The number of rotatable bonds is 3. The van der Waals surface area contributed by atoms with Crippen LogP contribution in [0.2, 0.25) is 0 Å². The smallest absolute Gasteiger partial charge is 0.138 e. The summed E-state index contributed by atoms with van der Waals surface area (Å²) in [6.45, 7) is 2.10. The molecule has 0 bridgehead atoms. The Kier molecular flexibility index (Phi) is 5.20. The summed E-state index contributed by atoms with van der Waals surface area (Å²) in [6, 6.07) is 33.9. The second-order valence-electron chi connectivity index (χ2n) is 7.10. The summed E-state index contributed by atoms with van der Waals surface area (Å²) in [4.78, 5) is 8.58. The highest BCUT2D eigenvalue weighted by molar-refractivity contribution is 5.90. The Morgan fingerprint density at radius 3 is 2.03 bits per heavy atom. The molecule has 0 amide bonds. The van der Waals surface area contributed by atoms with Gasteiger partial charge in [0.25, 0.3) is 0 Å². The first kappa shape index (κ1) is 19.0. The molecule has 1 aromatic heterocycles. The molecule has 0 radical (unpaired) electrons. The lowest BCUT2D eigenvalue weighted by atomic mass is 10.0. The van der Waals surface area contributed by atoms with E-state index < -0.39 is 0 Å². The molecule has 0 fully saturated rings. The van der Waals surface area contributed by atoms with E-state index >= 15 is 0 Å². The minimum absolute atomic E-state index is 0. The molecular weight excluding hydrogens is 376 g/mol.